The predicted octanol–water partition coefficient (Wildman–Crippen LogP) is 3.32. The topological polar surface area (TPSA) is 49.7 Å². The average Bonchev–Trinajstić information content (AvgIpc) is 3.22. The van der Waals surface area contributed by atoms with Gasteiger partial charge in [0.1, 0.15) is 18.9 Å². The van der Waals surface area contributed by atoms with E-state index in [1.165, 1.54) is 11.3 Å². The van der Waals surface area contributed by atoms with Gasteiger partial charge >= 0.3 is 0 Å². The molecular formula is C16H19N6S+. The SMILES string of the molecule is CN(CCn1cc[n+](C)c1)c1ccc(/N=N/c2nccs2)cc1. The van der Waals surface area contributed by atoms with Gasteiger partial charge in [0.15, 0.2) is 0 Å². The Bertz CT molecular complexity index is 760. The summed E-state index contributed by atoms with van der Waals surface area (Å²) in [4.78, 5) is 6.30. The Kier molecular flexibility index (Phi) is 4.77. The number of anilines is 1. The Morgan fingerprint density at radius 3 is 2.74 bits per heavy atom. The Morgan fingerprint density at radius 1 is 1.26 bits per heavy atom. The van der Waals surface area contributed by atoms with Gasteiger partial charge in [-0.25, -0.2) is 14.1 Å². The third-order valence-corrected chi connectivity index (χ3v) is 4.13. The van der Waals surface area contributed by atoms with Crippen molar-refractivity contribution in [2.45, 2.75) is 6.54 Å². The summed E-state index contributed by atoms with van der Waals surface area (Å²) in [7, 11) is 4.12. The molecule has 2 heterocycles. The lowest BCUT2D eigenvalue weighted by Crippen LogP contribution is -2.26. The molecule has 0 saturated heterocycles. The quantitative estimate of drug-likeness (QED) is 0.515. The van der Waals surface area contributed by atoms with Crippen LogP contribution in [0.25, 0.3) is 0 Å². The highest BCUT2D eigenvalue weighted by molar-refractivity contribution is 7.13. The molecule has 0 saturated carbocycles. The molecular weight excluding hydrogens is 308 g/mol. The van der Waals surface area contributed by atoms with E-state index < -0.39 is 0 Å². The zero-order chi connectivity index (χ0) is 16.1. The fraction of sp³-hybridized carbons (Fsp3) is 0.250. The summed E-state index contributed by atoms with van der Waals surface area (Å²) in [6.45, 7) is 1.89. The molecule has 118 valence electrons. The molecule has 0 radical (unpaired) electrons. The van der Waals surface area contributed by atoms with Gasteiger partial charge in [0.05, 0.1) is 19.3 Å². The van der Waals surface area contributed by atoms with Gasteiger partial charge < -0.3 is 4.90 Å². The zero-order valence-electron chi connectivity index (χ0n) is 13.2. The molecule has 0 unspecified atom stereocenters. The molecule has 7 heteroatoms. The van der Waals surface area contributed by atoms with Gasteiger partial charge in [-0.05, 0) is 24.3 Å². The number of rotatable bonds is 6. The lowest BCUT2D eigenvalue weighted by atomic mass is 10.2. The smallest absolute Gasteiger partial charge is 0.243 e. The second kappa shape index (κ2) is 7.15. The molecule has 2 aromatic heterocycles. The molecule has 0 amide bonds. The first-order chi connectivity index (χ1) is 11.2. The standard InChI is InChI=1S/C16H19N6S/c1-20-8-10-22(13-20)11-9-21(2)15-5-3-14(4-6-15)18-19-16-17-7-12-23-16/h3-8,10,12-13H,9,11H2,1-2H3/q+1/b19-18+. The fourth-order valence-electron chi connectivity index (χ4n) is 2.17. The van der Waals surface area contributed by atoms with Crippen LogP contribution in [-0.4, -0.2) is 23.1 Å². The summed E-state index contributed by atoms with van der Waals surface area (Å²) in [5.41, 5.74) is 1.99. The number of thiazole rings is 1. The number of azo groups is 1. The third kappa shape index (κ3) is 4.23. The molecule has 0 aliphatic heterocycles. The average molecular weight is 327 g/mol. The van der Waals surface area contributed by atoms with E-state index in [9.17, 15) is 0 Å². The van der Waals surface area contributed by atoms with E-state index in [0.29, 0.717) is 5.13 Å². The lowest BCUT2D eigenvalue weighted by molar-refractivity contribution is -0.671. The molecule has 23 heavy (non-hydrogen) atoms. The van der Waals surface area contributed by atoms with Crippen LogP contribution in [0.3, 0.4) is 0 Å². The number of imidazole rings is 1. The third-order valence-electron chi connectivity index (χ3n) is 3.48. The van der Waals surface area contributed by atoms with Gasteiger partial charge in [-0.2, -0.15) is 0 Å². The van der Waals surface area contributed by atoms with Crippen LogP contribution >= 0.6 is 11.3 Å². The van der Waals surface area contributed by atoms with Crippen molar-refractivity contribution in [3.05, 3.63) is 54.6 Å². The summed E-state index contributed by atoms with van der Waals surface area (Å²) in [6, 6.07) is 8.06. The van der Waals surface area contributed by atoms with E-state index >= 15 is 0 Å². The number of benzene rings is 1. The first-order valence-corrected chi connectivity index (χ1v) is 8.22. The zero-order valence-corrected chi connectivity index (χ0v) is 14.0. The summed E-state index contributed by atoms with van der Waals surface area (Å²) >= 11 is 1.47. The van der Waals surface area contributed by atoms with E-state index in [0.717, 1.165) is 24.5 Å². The Balaban J connectivity index is 1.57. The maximum atomic E-state index is 4.19. The van der Waals surface area contributed by atoms with Crippen LogP contribution in [0.5, 0.6) is 0 Å². The molecule has 3 rings (SSSR count). The summed E-state index contributed by atoms with van der Waals surface area (Å²) in [6.07, 6.45) is 7.93. The summed E-state index contributed by atoms with van der Waals surface area (Å²) in [5, 5.41) is 10.9. The summed E-state index contributed by atoms with van der Waals surface area (Å²) < 4.78 is 4.22. The van der Waals surface area contributed by atoms with Crippen molar-refractivity contribution in [3.8, 4) is 0 Å². The largest absolute Gasteiger partial charge is 0.371 e. The second-order valence-corrected chi connectivity index (χ2v) is 6.14. The molecule has 1 aromatic carbocycles. The molecule has 0 spiro atoms. The van der Waals surface area contributed by atoms with Crippen molar-refractivity contribution in [2.24, 2.45) is 17.3 Å². The van der Waals surface area contributed by atoms with Crippen LogP contribution in [0.1, 0.15) is 0 Å². The normalized spacial score (nSPS) is 11.2. The minimum atomic E-state index is 0.672. The number of nitrogens with zero attached hydrogens (tertiary/aromatic N) is 6. The minimum absolute atomic E-state index is 0.672. The summed E-state index contributed by atoms with van der Waals surface area (Å²) in [5.74, 6) is 0. The number of hydrogen-bond donors (Lipinski definition) is 0. The molecule has 0 aliphatic carbocycles. The van der Waals surface area contributed by atoms with Crippen molar-refractivity contribution in [1.82, 2.24) is 9.55 Å². The van der Waals surface area contributed by atoms with Crippen molar-refractivity contribution in [2.75, 3.05) is 18.5 Å². The van der Waals surface area contributed by atoms with Crippen LogP contribution in [0, 0.1) is 0 Å². The van der Waals surface area contributed by atoms with Crippen LogP contribution in [-0.2, 0) is 13.6 Å². The van der Waals surface area contributed by atoms with Gasteiger partial charge in [0.25, 0.3) is 0 Å². The molecule has 6 nitrogen and oxygen atoms in total. The highest BCUT2D eigenvalue weighted by Crippen LogP contribution is 2.22. The fourth-order valence-corrected chi connectivity index (χ4v) is 2.62. The number of aromatic nitrogens is 3. The van der Waals surface area contributed by atoms with E-state index in [1.54, 1.807) is 6.20 Å². The Labute approximate surface area is 139 Å². The lowest BCUT2D eigenvalue weighted by Gasteiger charge is -2.18. The number of likely N-dealkylation sites (N-methyl/N-ethyl adjacent to an activating group) is 1. The van der Waals surface area contributed by atoms with Crippen molar-refractivity contribution in [3.63, 3.8) is 0 Å². The van der Waals surface area contributed by atoms with Gasteiger partial charge in [-0.1, -0.05) is 0 Å². The van der Waals surface area contributed by atoms with Gasteiger partial charge in [-0.3, -0.25) is 0 Å². The first-order valence-electron chi connectivity index (χ1n) is 7.34. The maximum Gasteiger partial charge on any atom is 0.243 e. The molecule has 0 fully saturated rings. The van der Waals surface area contributed by atoms with Crippen molar-refractivity contribution >= 4 is 27.8 Å². The Morgan fingerprint density at radius 2 is 2.09 bits per heavy atom. The molecule has 0 N–H and O–H groups in total. The van der Waals surface area contributed by atoms with Crippen LogP contribution < -0.4 is 9.47 Å². The van der Waals surface area contributed by atoms with E-state index in [2.05, 4.69) is 56.4 Å². The molecule has 0 aliphatic rings. The first kappa shape index (κ1) is 15.4. The van der Waals surface area contributed by atoms with E-state index in [4.69, 9.17) is 0 Å². The second-order valence-electron chi connectivity index (χ2n) is 5.27. The molecule has 0 atom stereocenters. The van der Waals surface area contributed by atoms with Gasteiger partial charge in [0.2, 0.25) is 11.5 Å². The van der Waals surface area contributed by atoms with Crippen molar-refractivity contribution < 1.29 is 4.57 Å². The predicted molar refractivity (Wildman–Crippen MR) is 91.6 cm³/mol. The van der Waals surface area contributed by atoms with Gasteiger partial charge in [-0.15, -0.1) is 21.6 Å². The van der Waals surface area contributed by atoms with Crippen LogP contribution in [0.2, 0.25) is 0 Å². The van der Waals surface area contributed by atoms with E-state index in [-0.39, 0.29) is 0 Å². The van der Waals surface area contributed by atoms with Gasteiger partial charge in [0, 0.05) is 24.3 Å². The molecule has 3 aromatic rings. The highest BCUT2D eigenvalue weighted by atomic mass is 32.1. The number of aryl methyl sites for hydroxylation is 1. The van der Waals surface area contributed by atoms with E-state index in [1.807, 2.05) is 35.3 Å². The number of hydrogen-bond acceptors (Lipinski definition) is 5. The maximum absolute atomic E-state index is 4.19. The molecule has 0 bridgehead atoms. The highest BCUT2D eigenvalue weighted by Gasteiger charge is 2.04. The monoisotopic (exact) mass is 327 g/mol. The Hall–Kier alpha value is -2.54. The van der Waals surface area contributed by atoms with Crippen LogP contribution in [0.4, 0.5) is 16.5 Å². The van der Waals surface area contributed by atoms with Crippen molar-refractivity contribution in [1.29, 1.82) is 0 Å². The minimum Gasteiger partial charge on any atom is -0.371 e. The van der Waals surface area contributed by atoms with Crippen LogP contribution in [0.15, 0.2) is 64.8 Å².